The van der Waals surface area contributed by atoms with Crippen LogP contribution in [0.25, 0.3) is 17.0 Å². The van der Waals surface area contributed by atoms with E-state index >= 15 is 0 Å². The standard InChI is InChI=1S/C22H17N9O/c1-13-3-2-7-31-18(13)9-17(29-31)20-19-16(25-12-26-19)6-8-30(20)22-28-27-21(32-22)14-4-5-15(10-23)24-11-14/h2-5,7,9,11-12,20H,6,8H2,1H3,(H,25,26)/t20-/m1/s1. The van der Waals surface area contributed by atoms with Crippen molar-refractivity contribution in [1.29, 1.82) is 5.26 Å². The molecule has 0 aromatic carbocycles. The average Bonchev–Trinajstić information content (AvgIpc) is 3.57. The Morgan fingerprint density at radius 3 is 2.97 bits per heavy atom. The Bertz CT molecular complexity index is 1470. The number of nitrogens with one attached hydrogen (secondary N) is 1. The molecule has 0 radical (unpaired) electrons. The summed E-state index contributed by atoms with van der Waals surface area (Å²) < 4.78 is 7.91. The van der Waals surface area contributed by atoms with Crippen LogP contribution in [0.5, 0.6) is 0 Å². The second-order valence-corrected chi connectivity index (χ2v) is 7.64. The summed E-state index contributed by atoms with van der Waals surface area (Å²) in [7, 11) is 0. The highest BCUT2D eigenvalue weighted by molar-refractivity contribution is 5.57. The molecule has 0 saturated carbocycles. The van der Waals surface area contributed by atoms with Crippen LogP contribution in [-0.2, 0) is 6.42 Å². The molecule has 0 unspecified atom stereocenters. The average molecular weight is 423 g/mol. The van der Waals surface area contributed by atoms with Gasteiger partial charge < -0.3 is 14.3 Å². The van der Waals surface area contributed by atoms with Crippen LogP contribution in [0.1, 0.15) is 34.4 Å². The van der Waals surface area contributed by atoms with Crippen LogP contribution in [0.3, 0.4) is 0 Å². The summed E-state index contributed by atoms with van der Waals surface area (Å²) in [5.74, 6) is 0.342. The minimum absolute atomic E-state index is 0.267. The first kappa shape index (κ1) is 18.3. The van der Waals surface area contributed by atoms with Crippen LogP contribution in [-0.4, -0.2) is 41.3 Å². The fourth-order valence-corrected chi connectivity index (χ4v) is 4.13. The van der Waals surface area contributed by atoms with Gasteiger partial charge in [0.15, 0.2) is 0 Å². The van der Waals surface area contributed by atoms with Crippen molar-refractivity contribution >= 4 is 11.5 Å². The quantitative estimate of drug-likeness (QED) is 0.470. The molecule has 6 rings (SSSR count). The lowest BCUT2D eigenvalue weighted by atomic mass is 10.00. The molecule has 0 bridgehead atoms. The van der Waals surface area contributed by atoms with E-state index < -0.39 is 0 Å². The predicted octanol–water partition coefficient (Wildman–Crippen LogP) is 2.83. The third-order valence-electron chi connectivity index (χ3n) is 5.72. The Balaban J connectivity index is 1.43. The van der Waals surface area contributed by atoms with Gasteiger partial charge in [-0.1, -0.05) is 11.2 Å². The van der Waals surface area contributed by atoms with Crippen molar-refractivity contribution in [2.45, 2.75) is 19.4 Å². The normalized spacial score (nSPS) is 15.6. The van der Waals surface area contributed by atoms with E-state index in [9.17, 15) is 0 Å². The van der Waals surface area contributed by atoms with Gasteiger partial charge in [0.1, 0.15) is 17.8 Å². The Morgan fingerprint density at radius 2 is 2.16 bits per heavy atom. The second kappa shape index (κ2) is 7.02. The molecular formula is C22H17N9O. The van der Waals surface area contributed by atoms with E-state index in [2.05, 4.69) is 44.2 Å². The molecule has 10 heteroatoms. The van der Waals surface area contributed by atoms with E-state index in [-0.39, 0.29) is 6.04 Å². The first-order valence-corrected chi connectivity index (χ1v) is 10.1. The SMILES string of the molecule is Cc1cccn2nc([C@@H]3c4nc[nH]c4CCN3c3nnc(-c4ccc(C#N)nc4)o3)cc12. The van der Waals surface area contributed by atoms with E-state index in [1.807, 2.05) is 27.7 Å². The van der Waals surface area contributed by atoms with Crippen molar-refractivity contribution in [3.8, 4) is 17.5 Å². The molecule has 32 heavy (non-hydrogen) atoms. The number of rotatable bonds is 3. The number of nitrogens with zero attached hydrogens (tertiary/aromatic N) is 8. The van der Waals surface area contributed by atoms with E-state index in [0.29, 0.717) is 29.7 Å². The number of pyridine rings is 2. The van der Waals surface area contributed by atoms with E-state index in [1.165, 1.54) is 0 Å². The van der Waals surface area contributed by atoms with Gasteiger partial charge in [0.05, 0.1) is 28.8 Å². The van der Waals surface area contributed by atoms with Crippen LogP contribution in [0.4, 0.5) is 6.01 Å². The number of nitriles is 1. The van der Waals surface area contributed by atoms with Crippen LogP contribution in [0.15, 0.2) is 53.5 Å². The fourth-order valence-electron chi connectivity index (χ4n) is 4.13. The van der Waals surface area contributed by atoms with Crippen molar-refractivity contribution in [2.24, 2.45) is 0 Å². The molecule has 1 aliphatic rings. The topological polar surface area (TPSA) is 125 Å². The molecule has 1 aliphatic heterocycles. The van der Waals surface area contributed by atoms with Gasteiger partial charge in [-0.2, -0.15) is 10.4 Å². The number of hydrogen-bond donors (Lipinski definition) is 1. The molecule has 0 aliphatic carbocycles. The Labute approximate surface area is 182 Å². The summed E-state index contributed by atoms with van der Waals surface area (Å²) in [6, 6.07) is 11.6. The Hall–Kier alpha value is -4.52. The number of fused-ring (bicyclic) bond motifs is 2. The summed E-state index contributed by atoms with van der Waals surface area (Å²) in [4.78, 5) is 14.0. The van der Waals surface area contributed by atoms with Crippen LogP contribution in [0.2, 0.25) is 0 Å². The van der Waals surface area contributed by atoms with Gasteiger partial charge in [-0.25, -0.2) is 14.5 Å². The highest BCUT2D eigenvalue weighted by atomic mass is 16.4. The first-order chi connectivity index (χ1) is 15.7. The van der Waals surface area contributed by atoms with Crippen LogP contribution >= 0.6 is 0 Å². The van der Waals surface area contributed by atoms with Gasteiger partial charge in [0.2, 0.25) is 0 Å². The molecule has 5 aromatic rings. The van der Waals surface area contributed by atoms with E-state index in [4.69, 9.17) is 14.8 Å². The fraction of sp³-hybridized carbons (Fsp3) is 0.182. The zero-order valence-electron chi connectivity index (χ0n) is 17.1. The maximum atomic E-state index is 8.96. The van der Waals surface area contributed by atoms with Gasteiger partial charge in [-0.15, -0.1) is 5.10 Å². The van der Waals surface area contributed by atoms with Gasteiger partial charge >= 0.3 is 6.01 Å². The zero-order chi connectivity index (χ0) is 21.7. The van der Waals surface area contributed by atoms with E-state index in [1.54, 1.807) is 24.7 Å². The molecule has 0 saturated heterocycles. The molecule has 0 fully saturated rings. The summed E-state index contributed by atoms with van der Waals surface area (Å²) in [5, 5.41) is 22.3. The molecule has 6 heterocycles. The van der Waals surface area contributed by atoms with Crippen molar-refractivity contribution < 1.29 is 4.42 Å². The number of aryl methyl sites for hydroxylation is 1. The molecule has 0 amide bonds. The first-order valence-electron chi connectivity index (χ1n) is 10.1. The number of anilines is 1. The van der Waals surface area contributed by atoms with Gasteiger partial charge in [0, 0.05) is 31.1 Å². The summed E-state index contributed by atoms with van der Waals surface area (Å²) >= 11 is 0. The van der Waals surface area contributed by atoms with Crippen molar-refractivity contribution in [1.82, 2.24) is 34.8 Å². The molecule has 156 valence electrons. The number of aromatic amines is 1. The lowest BCUT2D eigenvalue weighted by Gasteiger charge is -2.32. The maximum absolute atomic E-state index is 8.96. The molecule has 1 atom stereocenters. The minimum Gasteiger partial charge on any atom is -0.403 e. The minimum atomic E-state index is -0.267. The number of imidazole rings is 1. The summed E-state index contributed by atoms with van der Waals surface area (Å²) in [5.41, 5.74) is 6.00. The molecular weight excluding hydrogens is 406 g/mol. The third kappa shape index (κ3) is 2.83. The lowest BCUT2D eigenvalue weighted by Crippen LogP contribution is -2.36. The maximum Gasteiger partial charge on any atom is 0.319 e. The van der Waals surface area contributed by atoms with Gasteiger partial charge in [-0.3, -0.25) is 0 Å². The van der Waals surface area contributed by atoms with Crippen LogP contribution in [0, 0.1) is 18.3 Å². The number of H-pyrrole nitrogens is 1. The number of aromatic nitrogens is 7. The monoisotopic (exact) mass is 423 g/mol. The molecule has 1 N–H and O–H groups in total. The third-order valence-corrected chi connectivity index (χ3v) is 5.72. The number of hydrogen-bond acceptors (Lipinski definition) is 8. The second-order valence-electron chi connectivity index (χ2n) is 7.64. The lowest BCUT2D eigenvalue weighted by molar-refractivity contribution is 0.503. The van der Waals surface area contributed by atoms with Gasteiger partial charge in [0.25, 0.3) is 5.89 Å². The predicted molar refractivity (Wildman–Crippen MR) is 114 cm³/mol. The smallest absolute Gasteiger partial charge is 0.319 e. The highest BCUT2D eigenvalue weighted by Gasteiger charge is 2.36. The largest absolute Gasteiger partial charge is 0.403 e. The molecule has 0 spiro atoms. The Morgan fingerprint density at radius 1 is 1.22 bits per heavy atom. The van der Waals surface area contributed by atoms with E-state index in [0.717, 1.165) is 34.6 Å². The van der Waals surface area contributed by atoms with Gasteiger partial charge in [-0.05, 0) is 36.8 Å². The molecule has 10 nitrogen and oxygen atoms in total. The van der Waals surface area contributed by atoms with Crippen molar-refractivity contribution in [3.63, 3.8) is 0 Å². The zero-order valence-corrected chi connectivity index (χ0v) is 17.1. The molecule has 5 aromatic heterocycles. The van der Waals surface area contributed by atoms with Crippen molar-refractivity contribution in [3.05, 3.63) is 77.4 Å². The van der Waals surface area contributed by atoms with Crippen LogP contribution < -0.4 is 4.90 Å². The summed E-state index contributed by atoms with van der Waals surface area (Å²) in [6.45, 7) is 2.73. The highest BCUT2D eigenvalue weighted by Crippen LogP contribution is 2.37. The van der Waals surface area contributed by atoms with Crippen molar-refractivity contribution in [2.75, 3.05) is 11.4 Å². The summed E-state index contributed by atoms with van der Waals surface area (Å²) in [6.07, 6.45) is 5.98. The Kier molecular flexibility index (Phi) is 4.01.